The van der Waals surface area contributed by atoms with E-state index in [0.29, 0.717) is 11.5 Å². The van der Waals surface area contributed by atoms with E-state index in [-0.39, 0.29) is 23.5 Å². The molecular weight excluding hydrogens is 248 g/mol. The van der Waals surface area contributed by atoms with E-state index in [1.807, 2.05) is 0 Å². The van der Waals surface area contributed by atoms with Crippen molar-refractivity contribution in [1.82, 2.24) is 0 Å². The van der Waals surface area contributed by atoms with Crippen molar-refractivity contribution in [3.63, 3.8) is 0 Å². The minimum atomic E-state index is -0.394. The fraction of sp³-hybridized carbons (Fsp3) is 0.500. The first kappa shape index (κ1) is 15.7. The van der Waals surface area contributed by atoms with E-state index < -0.39 is 5.82 Å². The van der Waals surface area contributed by atoms with Crippen molar-refractivity contribution >= 4 is 24.0 Å². The zero-order valence-corrected chi connectivity index (χ0v) is 11.1. The Morgan fingerprint density at radius 1 is 1.31 bits per heavy atom. The summed E-state index contributed by atoms with van der Waals surface area (Å²) in [5.41, 5.74) is 6.67. The average molecular weight is 266 g/mol. The van der Waals surface area contributed by atoms with E-state index in [1.54, 1.807) is 12.1 Å². The third-order valence-electron chi connectivity index (χ3n) is 2.44. The Kier molecular flexibility index (Phi) is 6.96. The smallest absolute Gasteiger partial charge is 0.142 e. The number of rotatable bonds is 4. The molecular formula is C12H18Cl2FN. The number of benzene rings is 1. The van der Waals surface area contributed by atoms with Crippen LogP contribution in [0.1, 0.15) is 38.3 Å². The standard InChI is InChI=1S/C12H17ClFN.ClH/c1-8(2)6-7-11(15)9-4-3-5-10(14)12(9)13;/h3-5,8,11H,6-7,15H2,1-2H3;1H/t11-;/m0./s1. The first-order valence-electron chi connectivity index (χ1n) is 5.22. The largest absolute Gasteiger partial charge is 0.324 e. The molecule has 92 valence electrons. The Morgan fingerprint density at radius 3 is 2.50 bits per heavy atom. The molecule has 0 aliphatic rings. The summed E-state index contributed by atoms with van der Waals surface area (Å²) in [6.45, 7) is 4.28. The molecule has 0 radical (unpaired) electrons. The summed E-state index contributed by atoms with van der Waals surface area (Å²) < 4.78 is 13.2. The lowest BCUT2D eigenvalue weighted by atomic mass is 9.98. The molecule has 2 N–H and O–H groups in total. The molecule has 0 spiro atoms. The van der Waals surface area contributed by atoms with Crippen LogP contribution in [0.2, 0.25) is 5.02 Å². The first-order chi connectivity index (χ1) is 7.02. The van der Waals surface area contributed by atoms with Crippen molar-refractivity contribution in [3.05, 3.63) is 34.6 Å². The van der Waals surface area contributed by atoms with E-state index in [0.717, 1.165) is 12.8 Å². The molecule has 0 aromatic heterocycles. The van der Waals surface area contributed by atoms with Gasteiger partial charge >= 0.3 is 0 Å². The van der Waals surface area contributed by atoms with Gasteiger partial charge in [-0.05, 0) is 30.4 Å². The normalized spacial score (nSPS) is 12.4. The average Bonchev–Trinajstić information content (AvgIpc) is 2.18. The van der Waals surface area contributed by atoms with Crippen LogP contribution in [0.15, 0.2) is 18.2 Å². The summed E-state index contributed by atoms with van der Waals surface area (Å²) in [7, 11) is 0. The zero-order valence-electron chi connectivity index (χ0n) is 9.54. The second-order valence-corrected chi connectivity index (χ2v) is 4.60. The lowest BCUT2D eigenvalue weighted by Crippen LogP contribution is -2.12. The highest BCUT2D eigenvalue weighted by molar-refractivity contribution is 6.31. The predicted molar refractivity (Wildman–Crippen MR) is 69.7 cm³/mol. The van der Waals surface area contributed by atoms with Gasteiger partial charge in [0, 0.05) is 6.04 Å². The summed E-state index contributed by atoms with van der Waals surface area (Å²) in [5.74, 6) is 0.206. The summed E-state index contributed by atoms with van der Waals surface area (Å²) in [5, 5.41) is 0.161. The monoisotopic (exact) mass is 265 g/mol. The van der Waals surface area contributed by atoms with E-state index in [9.17, 15) is 4.39 Å². The quantitative estimate of drug-likeness (QED) is 0.862. The third kappa shape index (κ3) is 4.28. The van der Waals surface area contributed by atoms with Crippen LogP contribution < -0.4 is 5.73 Å². The fourth-order valence-electron chi connectivity index (χ4n) is 1.48. The van der Waals surface area contributed by atoms with Gasteiger partial charge in [0.2, 0.25) is 0 Å². The minimum Gasteiger partial charge on any atom is -0.324 e. The maximum Gasteiger partial charge on any atom is 0.142 e. The highest BCUT2D eigenvalue weighted by Gasteiger charge is 2.13. The van der Waals surface area contributed by atoms with Crippen LogP contribution >= 0.6 is 24.0 Å². The van der Waals surface area contributed by atoms with Gasteiger partial charge in [-0.2, -0.15) is 0 Å². The van der Waals surface area contributed by atoms with Crippen LogP contribution in [-0.4, -0.2) is 0 Å². The molecule has 1 nitrogen and oxygen atoms in total. The molecule has 1 aromatic rings. The molecule has 0 fully saturated rings. The van der Waals surface area contributed by atoms with Crippen molar-refractivity contribution in [2.75, 3.05) is 0 Å². The van der Waals surface area contributed by atoms with Crippen LogP contribution in [0, 0.1) is 11.7 Å². The summed E-state index contributed by atoms with van der Waals surface area (Å²) in [6.07, 6.45) is 1.86. The van der Waals surface area contributed by atoms with Crippen LogP contribution in [0.25, 0.3) is 0 Å². The van der Waals surface area contributed by atoms with Gasteiger partial charge in [0.25, 0.3) is 0 Å². The van der Waals surface area contributed by atoms with Gasteiger partial charge in [-0.1, -0.05) is 37.6 Å². The van der Waals surface area contributed by atoms with Crippen molar-refractivity contribution in [2.24, 2.45) is 11.7 Å². The molecule has 0 saturated carbocycles. The molecule has 0 amide bonds. The Morgan fingerprint density at radius 2 is 1.94 bits per heavy atom. The molecule has 0 bridgehead atoms. The van der Waals surface area contributed by atoms with Crippen molar-refractivity contribution in [1.29, 1.82) is 0 Å². The number of halogens is 3. The molecule has 0 aliphatic heterocycles. The third-order valence-corrected chi connectivity index (χ3v) is 2.83. The number of nitrogens with two attached hydrogens (primary N) is 1. The topological polar surface area (TPSA) is 26.0 Å². The molecule has 1 rings (SSSR count). The lowest BCUT2D eigenvalue weighted by molar-refractivity contribution is 0.505. The number of hydrogen-bond acceptors (Lipinski definition) is 1. The summed E-state index contributed by atoms with van der Waals surface area (Å²) in [6, 6.07) is 4.61. The zero-order chi connectivity index (χ0) is 11.4. The SMILES string of the molecule is CC(C)CC[C@H](N)c1cccc(F)c1Cl.Cl. The van der Waals surface area contributed by atoms with Crippen LogP contribution in [0.3, 0.4) is 0 Å². The molecule has 0 unspecified atom stereocenters. The molecule has 16 heavy (non-hydrogen) atoms. The highest BCUT2D eigenvalue weighted by atomic mass is 35.5. The predicted octanol–water partition coefficient (Wildman–Crippen LogP) is 4.34. The Balaban J connectivity index is 0.00000225. The van der Waals surface area contributed by atoms with Crippen molar-refractivity contribution in [2.45, 2.75) is 32.7 Å². The lowest BCUT2D eigenvalue weighted by Gasteiger charge is -2.15. The Labute approximate surface area is 108 Å². The van der Waals surface area contributed by atoms with Crippen LogP contribution in [0.5, 0.6) is 0 Å². The second-order valence-electron chi connectivity index (χ2n) is 4.22. The van der Waals surface area contributed by atoms with Gasteiger partial charge in [-0.25, -0.2) is 4.39 Å². The fourth-order valence-corrected chi connectivity index (χ4v) is 1.74. The molecule has 0 heterocycles. The van der Waals surface area contributed by atoms with Gasteiger partial charge < -0.3 is 5.73 Å². The van der Waals surface area contributed by atoms with E-state index in [2.05, 4.69) is 13.8 Å². The van der Waals surface area contributed by atoms with Gasteiger partial charge in [0.1, 0.15) is 5.82 Å². The molecule has 4 heteroatoms. The van der Waals surface area contributed by atoms with Crippen LogP contribution in [-0.2, 0) is 0 Å². The Hall–Kier alpha value is -0.310. The van der Waals surface area contributed by atoms with Gasteiger partial charge in [-0.3, -0.25) is 0 Å². The van der Waals surface area contributed by atoms with E-state index in [4.69, 9.17) is 17.3 Å². The van der Waals surface area contributed by atoms with Crippen molar-refractivity contribution in [3.8, 4) is 0 Å². The maximum absolute atomic E-state index is 13.2. The van der Waals surface area contributed by atoms with E-state index >= 15 is 0 Å². The molecule has 1 atom stereocenters. The molecule has 0 aliphatic carbocycles. The summed E-state index contributed by atoms with van der Waals surface area (Å²) >= 11 is 5.85. The van der Waals surface area contributed by atoms with Gasteiger partial charge in [0.05, 0.1) is 5.02 Å². The second kappa shape index (κ2) is 7.10. The summed E-state index contributed by atoms with van der Waals surface area (Å²) in [4.78, 5) is 0. The molecule has 1 aromatic carbocycles. The molecule has 0 saturated heterocycles. The van der Waals surface area contributed by atoms with Crippen LogP contribution in [0.4, 0.5) is 4.39 Å². The first-order valence-corrected chi connectivity index (χ1v) is 5.59. The van der Waals surface area contributed by atoms with Gasteiger partial charge in [-0.15, -0.1) is 12.4 Å². The van der Waals surface area contributed by atoms with E-state index in [1.165, 1.54) is 6.07 Å². The minimum absolute atomic E-state index is 0. The maximum atomic E-state index is 13.2. The number of hydrogen-bond donors (Lipinski definition) is 1. The highest BCUT2D eigenvalue weighted by Crippen LogP contribution is 2.27. The Bertz CT molecular complexity index is 329. The van der Waals surface area contributed by atoms with Gasteiger partial charge in [0.15, 0.2) is 0 Å². The van der Waals surface area contributed by atoms with Crippen molar-refractivity contribution < 1.29 is 4.39 Å².